The third-order valence-electron chi connectivity index (χ3n) is 7.17. The molecule has 3 heterocycles. The van der Waals surface area contributed by atoms with Crippen molar-refractivity contribution in [2.45, 2.75) is 32.9 Å². The Kier molecular flexibility index (Phi) is 6.57. The second-order valence-corrected chi connectivity index (χ2v) is 10.3. The lowest BCUT2D eigenvalue weighted by Crippen LogP contribution is -2.29. The normalized spacial score (nSPS) is 15.7. The van der Waals surface area contributed by atoms with Gasteiger partial charge in [0.05, 0.1) is 30.7 Å². The second kappa shape index (κ2) is 10.2. The van der Waals surface area contributed by atoms with Gasteiger partial charge in [-0.1, -0.05) is 26.0 Å². The van der Waals surface area contributed by atoms with Crippen molar-refractivity contribution in [3.63, 3.8) is 0 Å². The highest BCUT2D eigenvalue weighted by Crippen LogP contribution is 2.42. The number of rotatable bonds is 8. The molecule has 0 fully saturated rings. The smallest absolute Gasteiger partial charge is 0.291 e. The predicted molar refractivity (Wildman–Crippen MR) is 145 cm³/mol. The summed E-state index contributed by atoms with van der Waals surface area (Å²) in [4.78, 5) is 29.2. The van der Waals surface area contributed by atoms with Crippen LogP contribution in [-0.4, -0.2) is 31.3 Å². The third-order valence-corrected chi connectivity index (χ3v) is 7.17. The third kappa shape index (κ3) is 4.51. The van der Waals surface area contributed by atoms with Crippen molar-refractivity contribution in [2.75, 3.05) is 20.5 Å². The Hall–Kier alpha value is -4.53. The summed E-state index contributed by atoms with van der Waals surface area (Å²) < 4.78 is 42.6. The number of benzene rings is 3. The monoisotopic (exact) mass is 545 g/mol. The van der Waals surface area contributed by atoms with Gasteiger partial charge in [-0.15, -0.1) is 0 Å². The summed E-state index contributed by atoms with van der Waals surface area (Å²) in [6, 6.07) is 13.7. The van der Waals surface area contributed by atoms with E-state index in [9.17, 15) is 14.0 Å². The molecular weight excluding hydrogens is 517 g/mol. The standard InChI is InChI=1S/C31H28FNO7/c1-17(2)10-11-37-23-8-5-19(13-25(23)36-3)28-27-29(34)21-14-20(32)6-9-22(21)40-30(27)31(35)33(28)15-18-4-7-24-26(12-18)39-16-38-24/h4-9,12-14,17,28H,10-11,15-16H2,1-3H3. The highest BCUT2D eigenvalue weighted by atomic mass is 19.1. The van der Waals surface area contributed by atoms with E-state index in [1.54, 1.807) is 23.1 Å². The molecule has 206 valence electrons. The Labute approximate surface area is 229 Å². The first-order valence-corrected chi connectivity index (χ1v) is 13.1. The first-order chi connectivity index (χ1) is 19.3. The van der Waals surface area contributed by atoms with Gasteiger partial charge in [-0.05, 0) is 65.9 Å². The molecule has 9 heteroatoms. The molecule has 1 atom stereocenters. The molecule has 0 saturated heterocycles. The number of amides is 1. The topological polar surface area (TPSA) is 87.4 Å². The molecule has 1 unspecified atom stereocenters. The van der Waals surface area contributed by atoms with E-state index in [-0.39, 0.29) is 35.6 Å². The number of hydrogen-bond acceptors (Lipinski definition) is 7. The maximum Gasteiger partial charge on any atom is 0.291 e. The largest absolute Gasteiger partial charge is 0.493 e. The SMILES string of the molecule is COc1cc(C2c3c(oc4ccc(F)cc4c3=O)C(=O)N2Cc2ccc3c(c2)OCO3)ccc1OCCC(C)C. The molecule has 4 aromatic rings. The minimum absolute atomic E-state index is 0.0638. The van der Waals surface area contributed by atoms with Crippen molar-refractivity contribution in [3.05, 3.63) is 93.1 Å². The minimum Gasteiger partial charge on any atom is -0.493 e. The Bertz CT molecular complexity index is 1680. The fourth-order valence-electron chi connectivity index (χ4n) is 5.12. The van der Waals surface area contributed by atoms with Crippen LogP contribution in [0.5, 0.6) is 23.0 Å². The van der Waals surface area contributed by atoms with E-state index >= 15 is 0 Å². The molecule has 6 rings (SSSR count). The molecule has 1 aromatic heterocycles. The van der Waals surface area contributed by atoms with Crippen molar-refractivity contribution >= 4 is 16.9 Å². The van der Waals surface area contributed by atoms with E-state index in [0.717, 1.165) is 18.1 Å². The molecule has 2 aliphatic heterocycles. The number of hydrogen-bond donors (Lipinski definition) is 0. The summed E-state index contributed by atoms with van der Waals surface area (Å²) in [5.74, 6) is 1.64. The summed E-state index contributed by atoms with van der Waals surface area (Å²) in [5, 5.41) is 0.0714. The van der Waals surface area contributed by atoms with Crippen molar-refractivity contribution in [1.82, 2.24) is 4.90 Å². The predicted octanol–water partition coefficient (Wildman–Crippen LogP) is 5.84. The molecule has 1 amide bonds. The lowest BCUT2D eigenvalue weighted by atomic mass is 9.97. The van der Waals surface area contributed by atoms with Gasteiger partial charge < -0.3 is 28.3 Å². The van der Waals surface area contributed by atoms with Gasteiger partial charge in [0.15, 0.2) is 28.4 Å². The van der Waals surface area contributed by atoms with E-state index in [1.807, 2.05) is 18.2 Å². The average molecular weight is 546 g/mol. The first kappa shape index (κ1) is 25.7. The summed E-state index contributed by atoms with van der Waals surface area (Å²) in [6.07, 6.45) is 0.878. The molecule has 0 radical (unpaired) electrons. The molecule has 40 heavy (non-hydrogen) atoms. The molecule has 2 aliphatic rings. The van der Waals surface area contributed by atoms with Crippen LogP contribution in [0, 0.1) is 11.7 Å². The Balaban J connectivity index is 1.46. The quantitative estimate of drug-likeness (QED) is 0.275. The average Bonchev–Trinajstić information content (AvgIpc) is 3.52. The molecule has 3 aromatic carbocycles. The van der Waals surface area contributed by atoms with Gasteiger partial charge in [0.25, 0.3) is 5.91 Å². The Morgan fingerprint density at radius 1 is 1.00 bits per heavy atom. The highest BCUT2D eigenvalue weighted by molar-refractivity contribution is 5.99. The molecule has 0 spiro atoms. The number of halogens is 1. The maximum absolute atomic E-state index is 14.1. The zero-order valence-electron chi connectivity index (χ0n) is 22.4. The fourth-order valence-corrected chi connectivity index (χ4v) is 5.12. The number of fused-ring (bicyclic) bond motifs is 3. The number of nitrogens with zero attached hydrogens (tertiary/aromatic N) is 1. The lowest BCUT2D eigenvalue weighted by molar-refractivity contribution is 0.0714. The number of ether oxygens (including phenoxy) is 4. The lowest BCUT2D eigenvalue weighted by Gasteiger charge is -2.26. The molecule has 0 N–H and O–H groups in total. The van der Waals surface area contributed by atoms with Crippen molar-refractivity contribution in [1.29, 1.82) is 0 Å². The Morgan fingerprint density at radius 2 is 1.82 bits per heavy atom. The van der Waals surface area contributed by atoms with Crippen LogP contribution < -0.4 is 24.4 Å². The zero-order valence-corrected chi connectivity index (χ0v) is 22.4. The van der Waals surface area contributed by atoms with Crippen LogP contribution >= 0.6 is 0 Å². The van der Waals surface area contributed by atoms with Crippen molar-refractivity contribution in [3.8, 4) is 23.0 Å². The van der Waals surface area contributed by atoms with Gasteiger partial charge in [0.2, 0.25) is 12.6 Å². The van der Waals surface area contributed by atoms with Crippen LogP contribution in [-0.2, 0) is 6.54 Å². The van der Waals surface area contributed by atoms with E-state index < -0.39 is 23.2 Å². The molecular formula is C31H28FNO7. The maximum atomic E-state index is 14.1. The molecule has 0 saturated carbocycles. The second-order valence-electron chi connectivity index (χ2n) is 10.3. The minimum atomic E-state index is -0.810. The van der Waals surface area contributed by atoms with Crippen LogP contribution in [0.4, 0.5) is 4.39 Å². The summed E-state index contributed by atoms with van der Waals surface area (Å²) in [7, 11) is 1.54. The molecule has 0 aliphatic carbocycles. The fraction of sp³-hybridized carbons (Fsp3) is 0.290. The zero-order chi connectivity index (χ0) is 28.0. The Morgan fingerprint density at radius 3 is 2.62 bits per heavy atom. The first-order valence-electron chi connectivity index (χ1n) is 13.1. The van der Waals surface area contributed by atoms with E-state index in [2.05, 4.69) is 13.8 Å². The van der Waals surface area contributed by atoms with Crippen LogP contribution in [0.3, 0.4) is 0 Å². The van der Waals surface area contributed by atoms with Gasteiger partial charge in [-0.2, -0.15) is 0 Å². The van der Waals surface area contributed by atoms with Gasteiger partial charge in [0.1, 0.15) is 11.4 Å². The number of carbonyl (C=O) groups is 1. The van der Waals surface area contributed by atoms with E-state index in [0.29, 0.717) is 41.1 Å². The van der Waals surface area contributed by atoms with E-state index in [4.69, 9.17) is 23.4 Å². The highest BCUT2D eigenvalue weighted by Gasteiger charge is 2.43. The number of carbonyl (C=O) groups excluding carboxylic acids is 1. The van der Waals surface area contributed by atoms with Gasteiger partial charge in [-0.25, -0.2) is 4.39 Å². The van der Waals surface area contributed by atoms with Gasteiger partial charge in [-0.3, -0.25) is 9.59 Å². The van der Waals surface area contributed by atoms with E-state index in [1.165, 1.54) is 19.2 Å². The van der Waals surface area contributed by atoms with Crippen molar-refractivity contribution < 1.29 is 32.5 Å². The number of methoxy groups -OCH3 is 1. The molecule has 8 nitrogen and oxygen atoms in total. The van der Waals surface area contributed by atoms with Crippen LogP contribution in [0.15, 0.2) is 63.8 Å². The van der Waals surface area contributed by atoms with Crippen LogP contribution in [0.25, 0.3) is 11.0 Å². The summed E-state index contributed by atoms with van der Waals surface area (Å²) >= 11 is 0. The summed E-state index contributed by atoms with van der Waals surface area (Å²) in [6.45, 7) is 5.05. The van der Waals surface area contributed by atoms with Crippen LogP contribution in [0.2, 0.25) is 0 Å². The molecule has 0 bridgehead atoms. The van der Waals surface area contributed by atoms with Crippen molar-refractivity contribution in [2.24, 2.45) is 5.92 Å². The van der Waals surface area contributed by atoms with Crippen LogP contribution in [0.1, 0.15) is 53.6 Å². The van der Waals surface area contributed by atoms with Gasteiger partial charge >= 0.3 is 0 Å². The summed E-state index contributed by atoms with van der Waals surface area (Å²) in [5.41, 5.74) is 1.24. The van der Waals surface area contributed by atoms with Gasteiger partial charge in [0, 0.05) is 6.54 Å².